The fraction of sp³-hybridized carbons (Fsp3) is 0. The van der Waals surface area contributed by atoms with Crippen LogP contribution in [0.5, 0.6) is 0 Å². The van der Waals surface area contributed by atoms with Crippen LogP contribution >= 0.6 is 23.2 Å². The summed E-state index contributed by atoms with van der Waals surface area (Å²) in [4.78, 5) is 4.50. The zero-order valence-corrected chi connectivity index (χ0v) is 12.8. The zero-order valence-electron chi connectivity index (χ0n) is 11.3. The van der Waals surface area contributed by atoms with Crippen LogP contribution in [0.1, 0.15) is 0 Å². The summed E-state index contributed by atoms with van der Waals surface area (Å²) in [6.07, 6.45) is 0. The molecule has 2 N–H and O–H groups in total. The van der Waals surface area contributed by atoms with Gasteiger partial charge in [0.15, 0.2) is 5.58 Å². The molecule has 0 saturated carbocycles. The van der Waals surface area contributed by atoms with E-state index in [2.05, 4.69) is 4.98 Å². The summed E-state index contributed by atoms with van der Waals surface area (Å²) in [5, 5.41) is 2.86. The maximum absolute atomic E-state index is 6.22. The van der Waals surface area contributed by atoms with E-state index in [4.69, 9.17) is 33.4 Å². The highest BCUT2D eigenvalue weighted by atomic mass is 35.5. The van der Waals surface area contributed by atoms with E-state index in [-0.39, 0.29) is 0 Å². The quantitative estimate of drug-likeness (QED) is 0.467. The molecule has 0 aliphatic carbocycles. The number of aromatic nitrogens is 1. The van der Waals surface area contributed by atoms with E-state index in [1.165, 1.54) is 0 Å². The monoisotopic (exact) mass is 328 g/mol. The highest BCUT2D eigenvalue weighted by Crippen LogP contribution is 2.38. The summed E-state index contributed by atoms with van der Waals surface area (Å²) >= 11 is 12.3. The van der Waals surface area contributed by atoms with Crippen LogP contribution in [-0.2, 0) is 0 Å². The van der Waals surface area contributed by atoms with Crippen molar-refractivity contribution in [2.24, 2.45) is 0 Å². The molecule has 108 valence electrons. The summed E-state index contributed by atoms with van der Waals surface area (Å²) in [5.74, 6) is 0.496. The van der Waals surface area contributed by atoms with E-state index in [9.17, 15) is 0 Å². The van der Waals surface area contributed by atoms with Gasteiger partial charge in [0.05, 0.1) is 15.7 Å². The Morgan fingerprint density at radius 2 is 1.77 bits per heavy atom. The molecule has 0 amide bonds. The summed E-state index contributed by atoms with van der Waals surface area (Å²) < 4.78 is 5.84. The van der Waals surface area contributed by atoms with E-state index >= 15 is 0 Å². The third-order valence-corrected chi connectivity index (χ3v) is 4.33. The van der Waals surface area contributed by atoms with Gasteiger partial charge in [-0.3, -0.25) is 0 Å². The van der Waals surface area contributed by atoms with E-state index < -0.39 is 0 Å². The molecule has 0 bridgehead atoms. The highest BCUT2D eigenvalue weighted by Gasteiger charge is 2.16. The number of halogens is 2. The summed E-state index contributed by atoms with van der Waals surface area (Å²) in [7, 11) is 0. The van der Waals surface area contributed by atoms with Crippen LogP contribution in [0.25, 0.3) is 33.3 Å². The van der Waals surface area contributed by atoms with Gasteiger partial charge in [-0.05, 0) is 16.8 Å². The van der Waals surface area contributed by atoms with Crippen molar-refractivity contribution in [3.8, 4) is 11.5 Å². The van der Waals surface area contributed by atoms with Gasteiger partial charge in [-0.25, -0.2) is 4.98 Å². The molecule has 4 aromatic rings. The Morgan fingerprint density at radius 1 is 1.00 bits per heavy atom. The van der Waals surface area contributed by atoms with Gasteiger partial charge >= 0.3 is 0 Å². The van der Waals surface area contributed by atoms with Crippen LogP contribution in [0.4, 0.5) is 5.69 Å². The van der Waals surface area contributed by atoms with Crippen molar-refractivity contribution >= 4 is 50.8 Å². The van der Waals surface area contributed by atoms with Crippen LogP contribution in [0.3, 0.4) is 0 Å². The minimum atomic E-state index is 0.314. The Kier molecular flexibility index (Phi) is 2.99. The van der Waals surface area contributed by atoms with Crippen molar-refractivity contribution in [3.05, 3.63) is 58.6 Å². The lowest BCUT2D eigenvalue weighted by atomic mass is 10.0. The maximum Gasteiger partial charge on any atom is 0.227 e. The molecular weight excluding hydrogens is 319 g/mol. The molecule has 0 radical (unpaired) electrons. The molecule has 5 heteroatoms. The number of oxazole rings is 1. The Morgan fingerprint density at radius 3 is 2.64 bits per heavy atom. The van der Waals surface area contributed by atoms with E-state index in [1.54, 1.807) is 6.07 Å². The first kappa shape index (κ1) is 13.4. The van der Waals surface area contributed by atoms with Crippen molar-refractivity contribution in [1.29, 1.82) is 0 Å². The number of anilines is 1. The number of nitrogens with zero attached hydrogens (tertiary/aromatic N) is 1. The van der Waals surface area contributed by atoms with Crippen LogP contribution in [0, 0.1) is 0 Å². The van der Waals surface area contributed by atoms with Crippen LogP contribution in [0.2, 0.25) is 10.0 Å². The van der Waals surface area contributed by atoms with Gasteiger partial charge in [0.25, 0.3) is 0 Å². The van der Waals surface area contributed by atoms with Crippen LogP contribution in [-0.4, -0.2) is 4.98 Å². The molecule has 1 aromatic heterocycles. The Balaban J connectivity index is 2.03. The third-order valence-electron chi connectivity index (χ3n) is 3.63. The van der Waals surface area contributed by atoms with Gasteiger partial charge in [-0.1, -0.05) is 59.6 Å². The average molecular weight is 329 g/mol. The minimum Gasteiger partial charge on any atom is -0.436 e. The normalized spacial score (nSPS) is 11.4. The van der Waals surface area contributed by atoms with Crippen molar-refractivity contribution in [2.75, 3.05) is 5.73 Å². The Bertz CT molecular complexity index is 1020. The van der Waals surface area contributed by atoms with Gasteiger partial charge in [-0.15, -0.1) is 0 Å². The first-order chi connectivity index (χ1) is 10.6. The molecule has 0 aliphatic rings. The lowest BCUT2D eigenvalue weighted by Gasteiger charge is -2.01. The van der Waals surface area contributed by atoms with Crippen molar-refractivity contribution < 1.29 is 4.42 Å². The second-order valence-electron chi connectivity index (χ2n) is 4.98. The molecular formula is C17H10Cl2N2O. The molecule has 0 saturated heterocycles. The van der Waals surface area contributed by atoms with Crippen molar-refractivity contribution in [1.82, 2.24) is 4.98 Å². The third kappa shape index (κ3) is 1.94. The number of rotatable bonds is 1. The Hall–Kier alpha value is -2.23. The zero-order chi connectivity index (χ0) is 15.3. The summed E-state index contributed by atoms with van der Waals surface area (Å²) in [6, 6.07) is 15.7. The first-order valence-corrected chi connectivity index (χ1v) is 7.43. The number of nitrogen functional groups attached to an aromatic ring is 1. The number of nitrogens with two attached hydrogens (primary N) is 1. The predicted octanol–water partition coefficient (Wildman–Crippen LogP) is 5.54. The fourth-order valence-electron chi connectivity index (χ4n) is 2.54. The summed E-state index contributed by atoms with van der Waals surface area (Å²) in [5.41, 5.74) is 8.10. The fourth-order valence-corrected chi connectivity index (χ4v) is 3.02. The average Bonchev–Trinajstić information content (AvgIpc) is 2.96. The van der Waals surface area contributed by atoms with E-state index in [1.807, 2.05) is 42.5 Å². The summed E-state index contributed by atoms with van der Waals surface area (Å²) in [6.45, 7) is 0. The second-order valence-corrected chi connectivity index (χ2v) is 5.76. The predicted molar refractivity (Wildman–Crippen MR) is 91.4 cm³/mol. The molecule has 1 heterocycles. The highest BCUT2D eigenvalue weighted by molar-refractivity contribution is 6.42. The molecule has 0 fully saturated rings. The van der Waals surface area contributed by atoms with Crippen molar-refractivity contribution in [2.45, 2.75) is 0 Å². The van der Waals surface area contributed by atoms with Crippen molar-refractivity contribution in [3.63, 3.8) is 0 Å². The minimum absolute atomic E-state index is 0.314. The van der Waals surface area contributed by atoms with Crippen LogP contribution in [0.15, 0.2) is 52.9 Å². The molecule has 0 aliphatic heterocycles. The number of benzene rings is 3. The van der Waals surface area contributed by atoms with Crippen LogP contribution < -0.4 is 5.73 Å². The molecule has 4 rings (SSSR count). The number of hydrogen-bond acceptors (Lipinski definition) is 3. The smallest absolute Gasteiger partial charge is 0.227 e. The van der Waals surface area contributed by atoms with Gasteiger partial charge in [-0.2, -0.15) is 0 Å². The van der Waals surface area contributed by atoms with E-state index in [0.717, 1.165) is 16.3 Å². The molecule has 0 atom stereocenters. The first-order valence-electron chi connectivity index (χ1n) is 6.67. The van der Waals surface area contributed by atoms with Gasteiger partial charge in [0.2, 0.25) is 5.89 Å². The Labute approximate surface area is 136 Å². The topological polar surface area (TPSA) is 52.0 Å². The lowest BCUT2D eigenvalue weighted by Crippen LogP contribution is -1.88. The lowest BCUT2D eigenvalue weighted by molar-refractivity contribution is 0.620. The number of hydrogen-bond donors (Lipinski definition) is 1. The van der Waals surface area contributed by atoms with Gasteiger partial charge in [0, 0.05) is 11.6 Å². The SMILES string of the molecule is Nc1c(Cl)cc2oc(-c3cccc4ccccc34)nc2c1Cl. The maximum atomic E-state index is 6.22. The number of fused-ring (bicyclic) bond motifs is 2. The van der Waals surface area contributed by atoms with E-state index in [0.29, 0.717) is 32.7 Å². The molecule has 0 spiro atoms. The molecule has 3 aromatic carbocycles. The van der Waals surface area contributed by atoms with Gasteiger partial charge < -0.3 is 10.2 Å². The van der Waals surface area contributed by atoms with Gasteiger partial charge in [0.1, 0.15) is 5.52 Å². The molecule has 22 heavy (non-hydrogen) atoms. The largest absolute Gasteiger partial charge is 0.436 e. The molecule has 0 unspecified atom stereocenters. The molecule has 3 nitrogen and oxygen atoms in total. The second kappa shape index (κ2) is 4.90. The standard InChI is InChI=1S/C17H10Cl2N2O/c18-12-8-13-16(14(19)15(12)20)21-17(22-13)11-7-3-5-9-4-1-2-6-10(9)11/h1-8H,20H2.